The maximum Gasteiger partial charge on any atom is 0.209 e. The fourth-order valence-electron chi connectivity index (χ4n) is 2.49. The molecule has 0 spiro atoms. The molecule has 0 aromatic carbocycles. The monoisotopic (exact) mass is 384 g/mol. The lowest BCUT2D eigenvalue weighted by molar-refractivity contribution is 0.228. The molecule has 1 atom stereocenters. The third kappa shape index (κ3) is 4.40. The lowest BCUT2D eigenvalue weighted by Gasteiger charge is -2.13. The van der Waals surface area contributed by atoms with E-state index in [-0.39, 0.29) is 23.9 Å². The summed E-state index contributed by atoms with van der Waals surface area (Å²) in [6, 6.07) is 3.27. The third-order valence-corrected chi connectivity index (χ3v) is 3.71. The summed E-state index contributed by atoms with van der Waals surface area (Å²) in [6.45, 7) is 5.50. The van der Waals surface area contributed by atoms with Gasteiger partial charge < -0.3 is 15.8 Å². The van der Waals surface area contributed by atoms with Crippen LogP contribution in [0, 0.1) is 11.2 Å². The molecule has 9 nitrogen and oxygen atoms in total. The van der Waals surface area contributed by atoms with E-state index in [0.29, 0.717) is 22.8 Å². The van der Waals surface area contributed by atoms with Gasteiger partial charge in [-0.05, 0) is 32.9 Å². The predicted molar refractivity (Wildman–Crippen MR) is 104 cm³/mol. The second-order valence-electron chi connectivity index (χ2n) is 6.38. The van der Waals surface area contributed by atoms with Gasteiger partial charge in [0.15, 0.2) is 11.5 Å². The van der Waals surface area contributed by atoms with Gasteiger partial charge in [0.1, 0.15) is 29.3 Å². The summed E-state index contributed by atoms with van der Waals surface area (Å²) in [5.74, 6) is 0.707. The number of nitrogens with zero attached hydrogens (tertiary/aromatic N) is 5. The van der Waals surface area contributed by atoms with Crippen molar-refractivity contribution in [2.75, 3.05) is 5.32 Å². The quantitative estimate of drug-likeness (QED) is 0.440. The van der Waals surface area contributed by atoms with Crippen molar-refractivity contribution in [3.05, 3.63) is 48.6 Å². The summed E-state index contributed by atoms with van der Waals surface area (Å²) in [7, 11) is 0. The van der Waals surface area contributed by atoms with Gasteiger partial charge in [-0.25, -0.2) is 24.3 Å². The van der Waals surface area contributed by atoms with Crippen LogP contribution >= 0.6 is 0 Å². The second-order valence-corrected chi connectivity index (χ2v) is 6.38. The molecule has 28 heavy (non-hydrogen) atoms. The highest BCUT2D eigenvalue weighted by molar-refractivity contribution is 5.91. The first kappa shape index (κ1) is 19.2. The summed E-state index contributed by atoms with van der Waals surface area (Å²) in [4.78, 5) is 16.7. The van der Waals surface area contributed by atoms with Crippen LogP contribution in [0.2, 0.25) is 0 Å². The molecule has 0 fully saturated rings. The molecule has 0 aliphatic rings. The zero-order chi connectivity index (χ0) is 20.3. The number of aromatic nitrogens is 5. The molecule has 0 radical (unpaired) electrons. The number of halogens is 1. The van der Waals surface area contributed by atoms with Crippen molar-refractivity contribution in [2.45, 2.75) is 32.9 Å². The van der Waals surface area contributed by atoms with E-state index in [9.17, 15) is 4.39 Å². The van der Waals surface area contributed by atoms with E-state index in [2.05, 4.69) is 25.3 Å². The number of hydrogen-bond donors (Lipinski definition) is 3. The molecule has 0 bridgehead atoms. The lowest BCUT2D eigenvalue weighted by atomic mass is 10.3. The largest absolute Gasteiger partial charge is 0.475 e. The van der Waals surface area contributed by atoms with Crippen LogP contribution in [0.15, 0.2) is 36.9 Å². The Kier molecular flexibility index (Phi) is 5.48. The highest BCUT2D eigenvalue weighted by Crippen LogP contribution is 2.19. The van der Waals surface area contributed by atoms with E-state index < -0.39 is 5.82 Å². The van der Waals surface area contributed by atoms with Crippen molar-refractivity contribution in [1.82, 2.24) is 24.5 Å². The Labute approximate surface area is 161 Å². The van der Waals surface area contributed by atoms with E-state index in [4.69, 9.17) is 15.9 Å². The molecule has 4 N–H and O–H groups in total. The molecule has 0 saturated heterocycles. The number of imidazole rings is 1. The predicted octanol–water partition coefficient (Wildman–Crippen LogP) is 2.69. The topological polar surface area (TPSA) is 128 Å². The number of nitrogens with two attached hydrogens (primary N) is 1. The van der Waals surface area contributed by atoms with Gasteiger partial charge in [-0.2, -0.15) is 0 Å². The second kappa shape index (κ2) is 7.99. The molecule has 0 aliphatic carbocycles. The zero-order valence-electron chi connectivity index (χ0n) is 15.7. The minimum atomic E-state index is -0.492. The molecule has 3 rings (SSSR count). The standard InChI is InChI=1S/C18H21FN8O/c1-10(2)28-15(21)6-14(20)27-9-24-13-4-5-16(26-18(13)27)25-11(3)17-22-7-12(19)8-23-17/h4-11,21H,20H2,1-3H3,(H,25,26)/b14-6+,21-15?/t11-/m0/s1. The van der Waals surface area contributed by atoms with Gasteiger partial charge in [-0.15, -0.1) is 0 Å². The van der Waals surface area contributed by atoms with E-state index in [1.165, 1.54) is 12.4 Å². The number of ether oxygens (including phenoxy) is 1. The zero-order valence-corrected chi connectivity index (χ0v) is 15.7. The molecule has 3 heterocycles. The molecular formula is C18H21FN8O. The number of nitrogens with one attached hydrogen (secondary N) is 2. The summed E-state index contributed by atoms with van der Waals surface area (Å²) in [5, 5.41) is 11.0. The van der Waals surface area contributed by atoms with Crippen LogP contribution in [0.5, 0.6) is 0 Å². The van der Waals surface area contributed by atoms with Crippen LogP contribution in [0.1, 0.15) is 32.6 Å². The SMILES string of the molecule is CC(C)OC(=N)/C=C(\N)n1cnc2ccc(N[C@@H](C)c3ncc(F)cn3)nc21. The lowest BCUT2D eigenvalue weighted by Crippen LogP contribution is -2.14. The normalized spacial score (nSPS) is 13.0. The van der Waals surface area contributed by atoms with Crippen molar-refractivity contribution < 1.29 is 9.13 Å². The summed E-state index contributed by atoms with van der Waals surface area (Å²) >= 11 is 0. The van der Waals surface area contributed by atoms with Gasteiger partial charge >= 0.3 is 0 Å². The van der Waals surface area contributed by atoms with Gasteiger partial charge in [-0.1, -0.05) is 0 Å². The first-order chi connectivity index (χ1) is 13.3. The molecule has 3 aromatic rings. The summed E-state index contributed by atoms with van der Waals surface area (Å²) < 4.78 is 19.8. The van der Waals surface area contributed by atoms with Crippen molar-refractivity contribution >= 4 is 28.7 Å². The molecule has 146 valence electrons. The minimum Gasteiger partial charge on any atom is -0.475 e. The molecule has 0 saturated carbocycles. The molecule has 0 unspecified atom stereocenters. The Balaban J connectivity index is 1.84. The number of anilines is 1. The number of fused-ring (bicyclic) bond motifs is 1. The Morgan fingerprint density at radius 2 is 1.96 bits per heavy atom. The van der Waals surface area contributed by atoms with Crippen LogP contribution in [0.4, 0.5) is 10.2 Å². The summed E-state index contributed by atoms with van der Waals surface area (Å²) in [5.41, 5.74) is 7.25. The van der Waals surface area contributed by atoms with Crippen molar-refractivity contribution in [1.29, 1.82) is 5.41 Å². The van der Waals surface area contributed by atoms with E-state index >= 15 is 0 Å². The van der Waals surface area contributed by atoms with Gasteiger partial charge in [0.2, 0.25) is 5.90 Å². The summed E-state index contributed by atoms with van der Waals surface area (Å²) in [6.07, 6.45) is 5.04. The van der Waals surface area contributed by atoms with Crippen LogP contribution in [-0.4, -0.2) is 36.5 Å². The fraction of sp³-hybridized carbons (Fsp3) is 0.278. The molecular weight excluding hydrogens is 363 g/mol. The van der Waals surface area contributed by atoms with Crippen LogP contribution in [0.25, 0.3) is 17.0 Å². The highest BCUT2D eigenvalue weighted by atomic mass is 19.1. The average Bonchev–Trinajstić information content (AvgIpc) is 3.04. The fourth-order valence-corrected chi connectivity index (χ4v) is 2.49. The van der Waals surface area contributed by atoms with Crippen LogP contribution in [0.3, 0.4) is 0 Å². The minimum absolute atomic E-state index is 0.0503. The van der Waals surface area contributed by atoms with E-state index in [0.717, 1.165) is 12.4 Å². The first-order valence-corrected chi connectivity index (χ1v) is 8.64. The number of rotatable bonds is 6. The Bertz CT molecular complexity index is 1010. The maximum absolute atomic E-state index is 13.0. The van der Waals surface area contributed by atoms with Crippen LogP contribution < -0.4 is 11.1 Å². The van der Waals surface area contributed by atoms with Gasteiger partial charge in [0.05, 0.1) is 24.5 Å². The maximum atomic E-state index is 13.0. The molecule has 0 aliphatic heterocycles. The van der Waals surface area contributed by atoms with E-state index in [1.54, 1.807) is 16.7 Å². The van der Waals surface area contributed by atoms with E-state index in [1.807, 2.05) is 20.8 Å². The van der Waals surface area contributed by atoms with Crippen LogP contribution in [-0.2, 0) is 4.74 Å². The smallest absolute Gasteiger partial charge is 0.209 e. The average molecular weight is 384 g/mol. The third-order valence-electron chi connectivity index (χ3n) is 3.71. The van der Waals surface area contributed by atoms with Crippen molar-refractivity contribution in [2.24, 2.45) is 5.73 Å². The Morgan fingerprint density at radius 1 is 1.25 bits per heavy atom. The Morgan fingerprint density at radius 3 is 2.64 bits per heavy atom. The molecule has 3 aromatic heterocycles. The van der Waals surface area contributed by atoms with Crippen molar-refractivity contribution in [3.63, 3.8) is 0 Å². The highest BCUT2D eigenvalue weighted by Gasteiger charge is 2.12. The van der Waals surface area contributed by atoms with Crippen molar-refractivity contribution in [3.8, 4) is 0 Å². The van der Waals surface area contributed by atoms with Gasteiger partial charge in [0.25, 0.3) is 0 Å². The first-order valence-electron chi connectivity index (χ1n) is 8.64. The number of pyridine rings is 1. The van der Waals surface area contributed by atoms with Gasteiger partial charge in [-0.3, -0.25) is 9.98 Å². The Hall–Kier alpha value is -3.56. The molecule has 10 heteroatoms. The number of hydrogen-bond acceptors (Lipinski definition) is 8. The molecule has 0 amide bonds. The van der Waals surface area contributed by atoms with Gasteiger partial charge in [0, 0.05) is 6.08 Å².